The molecule has 6 bridgehead atoms. The Morgan fingerprint density at radius 3 is 1.19 bits per heavy atom. The van der Waals surface area contributed by atoms with E-state index < -0.39 is 108 Å². The number of ketones is 2. The van der Waals surface area contributed by atoms with Gasteiger partial charge < -0.3 is 131 Å². The van der Waals surface area contributed by atoms with Crippen molar-refractivity contribution < 1.29 is 139 Å². The van der Waals surface area contributed by atoms with E-state index in [9.17, 15) is 38.4 Å². The third-order valence-corrected chi connectivity index (χ3v) is 65.4. The van der Waals surface area contributed by atoms with Crippen LogP contribution in [0, 0.1) is 46.8 Å². The first-order valence-electron chi connectivity index (χ1n) is 53.0. The quantitative estimate of drug-likeness (QED) is 0.0220. The molecule has 45 heteroatoms. The summed E-state index contributed by atoms with van der Waals surface area (Å²) in [6.07, 6.45) is 25.1. The summed E-state index contributed by atoms with van der Waals surface area (Å²) < 4.78 is 154. The van der Waals surface area contributed by atoms with Gasteiger partial charge in [-0.25, -0.2) is 9.59 Å². The highest BCUT2D eigenvalue weighted by Crippen LogP contribution is 2.52. The minimum Gasteiger partial charge on any atom is -0.466 e. The van der Waals surface area contributed by atoms with E-state index in [0.717, 1.165) is 148 Å². The Bertz CT molecular complexity index is 3250. The number of esters is 3. The first kappa shape index (κ1) is 135. The fourth-order valence-electron chi connectivity index (χ4n) is 15.6. The van der Waals surface area contributed by atoms with Crippen molar-refractivity contribution in [3.63, 3.8) is 0 Å². The number of carbonyl (C=O) groups excluding carboxylic acids is 8. The predicted octanol–water partition coefficient (Wildman–Crippen LogP) is 17.9. The Hall–Kier alpha value is -2.83. The van der Waals surface area contributed by atoms with Crippen LogP contribution in [-0.2, 0) is 130 Å². The molecule has 4 heterocycles. The molecule has 35 nitrogen and oxygen atoms in total. The molecule has 3 N–H and O–H groups in total. The second-order valence-electron chi connectivity index (χ2n) is 41.4. The third-order valence-electron chi connectivity index (χ3n) is 22.7. The highest BCUT2D eigenvalue weighted by Gasteiger charge is 2.80. The summed E-state index contributed by atoms with van der Waals surface area (Å²) in [4.78, 5) is 94.3. The van der Waals surface area contributed by atoms with Gasteiger partial charge >= 0.3 is 92.0 Å². The van der Waals surface area contributed by atoms with Crippen LogP contribution in [0.2, 0.25) is 61.4 Å². The summed E-state index contributed by atoms with van der Waals surface area (Å²) in [6, 6.07) is 3.86. The van der Waals surface area contributed by atoms with E-state index in [1.165, 1.54) is 39.7 Å². The number of ether oxygens (including phenoxy) is 10. The van der Waals surface area contributed by atoms with Crippen molar-refractivity contribution in [2.24, 2.45) is 46.8 Å². The molecule has 5 atom stereocenters. The van der Waals surface area contributed by atoms with Gasteiger partial charge in [-0.1, -0.05) is 188 Å². The van der Waals surface area contributed by atoms with Gasteiger partial charge in [-0.3, -0.25) is 19.2 Å². The van der Waals surface area contributed by atoms with Crippen molar-refractivity contribution in [1.82, 2.24) is 20.9 Å². The van der Waals surface area contributed by atoms with Crippen molar-refractivity contribution in [3.05, 3.63) is 0 Å². The van der Waals surface area contributed by atoms with Crippen LogP contribution in [0.5, 0.6) is 0 Å². The van der Waals surface area contributed by atoms with Crippen molar-refractivity contribution in [1.29, 1.82) is 0 Å². The number of unbranched alkanes of at least 4 members (excludes halogenated alkanes) is 17. The van der Waals surface area contributed by atoms with Crippen molar-refractivity contribution in [2.75, 3.05) is 141 Å². The van der Waals surface area contributed by atoms with Gasteiger partial charge in [0, 0.05) is 143 Å². The van der Waals surface area contributed by atoms with E-state index in [1.807, 2.05) is 14.0 Å². The first-order valence-corrected chi connectivity index (χ1v) is 72.0. The van der Waals surface area contributed by atoms with Crippen LogP contribution >= 0.6 is 0 Å². The van der Waals surface area contributed by atoms with Crippen molar-refractivity contribution in [3.8, 4) is 0 Å². The average Bonchev–Trinajstić information content (AvgIpc) is 0.699. The molecule has 5 unspecified atom stereocenters. The summed E-state index contributed by atoms with van der Waals surface area (Å²) in [5, 5.41) is 8.15. The highest BCUT2D eigenvalue weighted by atomic mass is 28.6. The van der Waals surface area contributed by atoms with Crippen molar-refractivity contribution >= 4 is 138 Å². The maximum Gasteiger partial charge on any atom is 0.642 e. The van der Waals surface area contributed by atoms with Gasteiger partial charge in [0.15, 0.2) is 18.1 Å². The van der Waals surface area contributed by atoms with Crippen LogP contribution < -0.4 is 16.0 Å². The lowest BCUT2D eigenvalue weighted by atomic mass is 9.88. The zero-order valence-corrected chi connectivity index (χ0v) is 103. The van der Waals surface area contributed by atoms with Crippen LogP contribution in [0.25, 0.3) is 0 Å². The standard InChI is InChI=1S/C51H112N2O19Si10.C16H32N2O4.C16H30O3.C12H24O5/c1-20-51(39-58-49(55)52-17,40-59-50(56)53-28-25-23-21-22-24-27-48(16)54)38-57-29-26-30-75(18,19)63-82(60-73-31-41(2)3)71-80(36-46(12)13)66-76(32-42(4)5)61-74-62-77(33-43(6)7)65-78(64-76,34-44(8)9)68-79(69-80,35-45(10)11)70-81(67-77,72-82)37-47(14)15;1-15(19)17-10-8-6-4-5-7-9-16(20)22-14-12-18(2)11-13-21-3;1-3-4-5-6-7-10-13-16(18)19-14-11-8-9-12-15(2)17;1-14-7-5-3-4-6-12(13)17-11-10-16-9-8-15-2/h41-47H,20-40,73-74H2,1-19H3,(H,52,55)(H,53,56);4-14H2,1-3H3,(H,17,19);3-14H2,1-2H3;3-11H2,1-2H3. The Labute approximate surface area is 859 Å². The fourth-order valence-corrected chi connectivity index (χ4v) is 67.0. The molecule has 4 saturated heterocycles. The number of hydrogen-bond donors (Lipinski definition) is 3. The van der Waals surface area contributed by atoms with Gasteiger partial charge in [0.05, 0.1) is 45.1 Å². The lowest BCUT2D eigenvalue weighted by molar-refractivity contribution is -0.146. The minimum absolute atomic E-state index is 0.00499. The Kier molecular flexibility index (Phi) is 74.0. The number of Topliss-reactive ketones (excluding diaryl/α,β-unsaturated/α-hetero) is 2. The summed E-state index contributed by atoms with van der Waals surface area (Å²) in [5.41, 5.74) is -0.820. The Morgan fingerprint density at radius 1 is 0.386 bits per heavy atom. The Balaban J connectivity index is 0.00000135. The maximum absolute atomic E-state index is 13.0. The molecule has 0 radical (unpaired) electrons. The molecule has 0 aliphatic carbocycles. The normalized spacial score (nSPS) is 21.9. The largest absolute Gasteiger partial charge is 0.642 e. The number of nitrogens with one attached hydrogen (secondary N) is 3. The number of amides is 3. The first-order chi connectivity index (χ1) is 66.3. The molecule has 4 fully saturated rings. The molecule has 0 saturated carbocycles. The SMILES string of the molecule is CCC(COCCC[Si](C)(C)O[Si]1(O[SiH2]CC(C)C)O[Si]2(CC(C)C)O[Si]3(CC(C)C)O[SiH2]O[Si]4(CC(C)C)O[Si](CC(C)C)(O3)O[Si](CC(C)C)(O2)O[Si](CC(C)C)(O4)O1)(COC(=O)NC)COC(=O)NCCCCCCCC(C)=O.CCCCCCCCC(=O)OCCCCCC(C)=O.COCCCCCC(=O)OCCOCCOC.COCCN(C)CCOC(=O)CCCCCCCNC(C)=O. The van der Waals surface area contributed by atoms with Gasteiger partial charge in [-0.15, -0.1) is 0 Å². The lowest BCUT2D eigenvalue weighted by Gasteiger charge is -2.60. The molecule has 4 aliphatic heterocycles. The minimum atomic E-state index is -4.54. The van der Waals surface area contributed by atoms with Gasteiger partial charge in [0.25, 0.3) is 10.0 Å². The zero-order chi connectivity index (χ0) is 105. The molecule has 0 aromatic rings. The molecule has 0 aromatic carbocycles. The van der Waals surface area contributed by atoms with Gasteiger partial charge in [-0.05, 0) is 165 Å². The molecule has 3 amide bonds. The van der Waals surface area contributed by atoms with E-state index in [1.54, 1.807) is 35.2 Å². The summed E-state index contributed by atoms with van der Waals surface area (Å²) in [6.45, 7) is 50.8. The number of nitrogens with zero attached hydrogens (tertiary/aromatic N) is 1. The molecular weight excluding hydrogens is 1970 g/mol. The number of fused-ring (bicyclic) bond motifs is 4. The van der Waals surface area contributed by atoms with Crippen molar-refractivity contribution in [2.45, 2.75) is 379 Å². The topological polar surface area (TPSA) is 388 Å². The molecule has 140 heavy (non-hydrogen) atoms. The number of likely N-dealkylation sites (N-methyl/N-ethyl adjacent to an activating group) is 1. The van der Waals surface area contributed by atoms with Gasteiger partial charge in [-0.2, -0.15) is 0 Å². The smallest absolute Gasteiger partial charge is 0.466 e. The molecule has 0 spiro atoms. The highest BCUT2D eigenvalue weighted by molar-refractivity contribution is 7.00. The van der Waals surface area contributed by atoms with Crippen LogP contribution in [-0.4, -0.2) is 283 Å². The summed E-state index contributed by atoms with van der Waals surface area (Å²) in [5.74, 6) is 0.717. The van der Waals surface area contributed by atoms with Gasteiger partial charge in [0.2, 0.25) is 5.91 Å². The van der Waals surface area contributed by atoms with E-state index in [2.05, 4.69) is 138 Å². The molecule has 824 valence electrons. The molecule has 4 aliphatic rings. The van der Waals surface area contributed by atoms with Crippen LogP contribution in [0.15, 0.2) is 0 Å². The molecule has 4 rings (SSSR count). The Morgan fingerprint density at radius 2 is 0.764 bits per heavy atom. The predicted molar refractivity (Wildman–Crippen MR) is 566 cm³/mol. The van der Waals surface area contributed by atoms with Crippen LogP contribution in [0.3, 0.4) is 0 Å². The summed E-state index contributed by atoms with van der Waals surface area (Å²) >= 11 is 0. The summed E-state index contributed by atoms with van der Waals surface area (Å²) in [7, 11) is -26.8. The van der Waals surface area contributed by atoms with E-state index in [-0.39, 0.29) is 90.7 Å². The second kappa shape index (κ2) is 76.6. The zero-order valence-electron chi connectivity index (χ0n) is 92.0. The number of methoxy groups -OCH3 is 3. The molecule has 0 aromatic heterocycles. The monoisotopic (exact) mass is 2170 g/mol. The van der Waals surface area contributed by atoms with E-state index >= 15 is 0 Å². The second-order valence-corrected chi connectivity index (χ2v) is 69.9. The number of rotatable bonds is 76. The van der Waals surface area contributed by atoms with Crippen LogP contribution in [0.1, 0.15) is 318 Å². The maximum atomic E-state index is 13.0. The van der Waals surface area contributed by atoms with E-state index in [0.29, 0.717) is 153 Å². The van der Waals surface area contributed by atoms with Crippen LogP contribution in [0.4, 0.5) is 9.59 Å². The number of hydrogen-bond acceptors (Lipinski definition) is 32. The van der Waals surface area contributed by atoms with E-state index in [4.69, 9.17) is 101 Å². The molecular formula is C95H198N4O31Si10. The lowest BCUT2D eigenvalue weighted by Crippen LogP contribution is -2.84. The number of alkyl carbamates (subject to hydrolysis) is 2. The number of carbonyl (C=O) groups is 8. The third kappa shape index (κ3) is 65.2. The van der Waals surface area contributed by atoms with Gasteiger partial charge in [0.1, 0.15) is 38.0 Å². The fraction of sp³-hybridized carbons (Fsp3) is 0.916. The average molecular weight is 2170 g/mol.